The van der Waals surface area contributed by atoms with Gasteiger partial charge in [0, 0.05) is 51.8 Å². The lowest BCUT2D eigenvalue weighted by Gasteiger charge is -2.29. The van der Waals surface area contributed by atoms with Crippen molar-refractivity contribution in [1.29, 1.82) is 0 Å². The SMILES string of the molecule is CN(Cc1cc(Br)cs1)C(=O)CCC(=O)N1CCSc2ccccc21. The quantitative estimate of drug-likeness (QED) is 0.694. The molecule has 0 atom stereocenters. The molecule has 3 rings (SSSR count). The van der Waals surface area contributed by atoms with Crippen molar-refractivity contribution in [2.45, 2.75) is 24.3 Å². The number of carbonyl (C=O) groups is 2. The van der Waals surface area contributed by atoms with E-state index in [1.807, 2.05) is 40.6 Å². The van der Waals surface area contributed by atoms with Crippen molar-refractivity contribution >= 4 is 56.5 Å². The van der Waals surface area contributed by atoms with Gasteiger partial charge in [0.1, 0.15) is 0 Å². The number of hydrogen-bond acceptors (Lipinski definition) is 4. The van der Waals surface area contributed by atoms with E-state index in [1.54, 1.807) is 35.0 Å². The summed E-state index contributed by atoms with van der Waals surface area (Å²) in [6.07, 6.45) is 0.490. The van der Waals surface area contributed by atoms with Gasteiger partial charge >= 0.3 is 0 Å². The normalized spacial score (nSPS) is 13.4. The minimum atomic E-state index is -0.00228. The van der Waals surface area contributed by atoms with Gasteiger partial charge in [-0.1, -0.05) is 12.1 Å². The van der Waals surface area contributed by atoms with E-state index in [9.17, 15) is 9.59 Å². The zero-order valence-corrected chi connectivity index (χ0v) is 17.1. The molecule has 7 heteroatoms. The topological polar surface area (TPSA) is 40.6 Å². The Balaban J connectivity index is 1.54. The summed E-state index contributed by atoms with van der Waals surface area (Å²) >= 11 is 6.81. The van der Waals surface area contributed by atoms with Crippen LogP contribution in [0.2, 0.25) is 0 Å². The number of fused-ring (bicyclic) bond motifs is 1. The molecule has 2 amide bonds. The van der Waals surface area contributed by atoms with Gasteiger partial charge in [0.05, 0.1) is 12.2 Å². The average Bonchev–Trinajstić information content (AvgIpc) is 3.03. The predicted molar refractivity (Wildman–Crippen MR) is 107 cm³/mol. The van der Waals surface area contributed by atoms with Crippen LogP contribution in [0.25, 0.3) is 0 Å². The van der Waals surface area contributed by atoms with E-state index in [0.717, 1.165) is 25.7 Å². The van der Waals surface area contributed by atoms with E-state index in [4.69, 9.17) is 0 Å². The number of anilines is 1. The average molecular weight is 439 g/mol. The Kier molecular flexibility index (Phi) is 6.19. The summed E-state index contributed by atoms with van der Waals surface area (Å²) in [6, 6.07) is 9.96. The molecule has 1 aromatic carbocycles. The van der Waals surface area contributed by atoms with Crippen LogP contribution in [0, 0.1) is 0 Å². The van der Waals surface area contributed by atoms with Crippen molar-refractivity contribution in [2.24, 2.45) is 0 Å². The summed E-state index contributed by atoms with van der Waals surface area (Å²) in [7, 11) is 1.78. The van der Waals surface area contributed by atoms with Gasteiger partial charge < -0.3 is 9.80 Å². The molecule has 0 spiro atoms. The Morgan fingerprint density at radius 3 is 2.84 bits per heavy atom. The van der Waals surface area contributed by atoms with Gasteiger partial charge in [-0.15, -0.1) is 23.1 Å². The number of thiophene rings is 1. The third-order valence-electron chi connectivity index (χ3n) is 4.02. The highest BCUT2D eigenvalue weighted by Crippen LogP contribution is 2.34. The lowest BCUT2D eigenvalue weighted by molar-refractivity contribution is -0.132. The zero-order valence-electron chi connectivity index (χ0n) is 13.9. The fourth-order valence-corrected chi connectivity index (χ4v) is 5.23. The number of hydrogen-bond donors (Lipinski definition) is 0. The maximum absolute atomic E-state index is 12.6. The van der Waals surface area contributed by atoms with Crippen LogP contribution < -0.4 is 4.90 Å². The van der Waals surface area contributed by atoms with E-state index in [0.29, 0.717) is 13.1 Å². The number of amides is 2. The number of thioether (sulfide) groups is 1. The van der Waals surface area contributed by atoms with Gasteiger partial charge in [0.2, 0.25) is 11.8 Å². The Labute approximate surface area is 164 Å². The number of para-hydroxylation sites is 1. The second-order valence-corrected chi connectivity index (χ2v) is 8.89. The molecule has 0 saturated carbocycles. The van der Waals surface area contributed by atoms with E-state index in [-0.39, 0.29) is 24.7 Å². The molecule has 0 fully saturated rings. The summed E-state index contributed by atoms with van der Waals surface area (Å²) in [5.74, 6) is 0.912. The van der Waals surface area contributed by atoms with Crippen LogP contribution in [0.5, 0.6) is 0 Å². The highest BCUT2D eigenvalue weighted by atomic mass is 79.9. The number of nitrogens with zero attached hydrogens (tertiary/aromatic N) is 2. The lowest BCUT2D eigenvalue weighted by atomic mass is 10.2. The highest BCUT2D eigenvalue weighted by molar-refractivity contribution is 9.10. The van der Waals surface area contributed by atoms with Crippen LogP contribution in [-0.2, 0) is 16.1 Å². The van der Waals surface area contributed by atoms with Gasteiger partial charge in [-0.25, -0.2) is 0 Å². The van der Waals surface area contributed by atoms with Crippen molar-refractivity contribution in [1.82, 2.24) is 4.90 Å². The molecule has 132 valence electrons. The molecule has 1 aliphatic rings. The number of benzene rings is 1. The Bertz CT molecular complexity index is 778. The van der Waals surface area contributed by atoms with Crippen molar-refractivity contribution in [3.8, 4) is 0 Å². The lowest BCUT2D eigenvalue weighted by Crippen LogP contribution is -2.36. The second-order valence-electron chi connectivity index (χ2n) is 5.84. The fraction of sp³-hybridized carbons (Fsp3) is 0.333. The van der Waals surface area contributed by atoms with Crippen LogP contribution in [0.15, 0.2) is 45.1 Å². The van der Waals surface area contributed by atoms with Gasteiger partial charge in [-0.3, -0.25) is 9.59 Å². The molecule has 0 N–H and O–H groups in total. The van der Waals surface area contributed by atoms with Crippen molar-refractivity contribution in [2.75, 3.05) is 24.2 Å². The van der Waals surface area contributed by atoms with E-state index >= 15 is 0 Å². The van der Waals surface area contributed by atoms with Gasteiger partial charge in [-0.05, 0) is 34.1 Å². The Morgan fingerprint density at radius 1 is 1.28 bits per heavy atom. The van der Waals surface area contributed by atoms with Crippen LogP contribution in [0.3, 0.4) is 0 Å². The summed E-state index contributed by atoms with van der Waals surface area (Å²) in [4.78, 5) is 30.7. The van der Waals surface area contributed by atoms with Crippen LogP contribution in [0.4, 0.5) is 5.69 Å². The minimum Gasteiger partial charge on any atom is -0.341 e. The summed E-state index contributed by atoms with van der Waals surface area (Å²) < 4.78 is 1.03. The van der Waals surface area contributed by atoms with E-state index in [1.165, 1.54) is 0 Å². The van der Waals surface area contributed by atoms with Gasteiger partial charge in [0.15, 0.2) is 0 Å². The third kappa shape index (κ3) is 4.65. The Morgan fingerprint density at radius 2 is 2.08 bits per heavy atom. The first-order valence-corrected chi connectivity index (χ1v) is 10.7. The molecular formula is C18H19BrN2O2S2. The number of carbonyl (C=O) groups excluding carboxylic acids is 2. The molecule has 0 unspecified atom stereocenters. The molecule has 1 aliphatic heterocycles. The molecule has 0 aliphatic carbocycles. The minimum absolute atomic E-state index is 0.00228. The zero-order chi connectivity index (χ0) is 17.8. The largest absolute Gasteiger partial charge is 0.341 e. The highest BCUT2D eigenvalue weighted by Gasteiger charge is 2.23. The molecule has 0 radical (unpaired) electrons. The summed E-state index contributed by atoms with van der Waals surface area (Å²) in [5.41, 5.74) is 0.966. The fourth-order valence-electron chi connectivity index (χ4n) is 2.73. The van der Waals surface area contributed by atoms with Crippen molar-refractivity contribution in [3.05, 3.63) is 45.1 Å². The molecule has 2 aromatic rings. The standard InChI is InChI=1S/C18H19BrN2O2S2/c1-20(11-14-10-13(19)12-25-14)17(22)6-7-18(23)21-8-9-24-16-5-3-2-4-15(16)21/h2-5,10,12H,6-9,11H2,1H3. The smallest absolute Gasteiger partial charge is 0.227 e. The summed E-state index contributed by atoms with van der Waals surface area (Å²) in [5, 5.41) is 2.00. The second kappa shape index (κ2) is 8.38. The molecule has 0 bridgehead atoms. The third-order valence-corrected chi connectivity index (χ3v) is 6.75. The van der Waals surface area contributed by atoms with Gasteiger partial charge in [-0.2, -0.15) is 0 Å². The first-order valence-electron chi connectivity index (χ1n) is 8.03. The maximum atomic E-state index is 12.6. The summed E-state index contributed by atoms with van der Waals surface area (Å²) in [6.45, 7) is 1.28. The number of halogens is 1. The molecule has 1 aromatic heterocycles. The van der Waals surface area contributed by atoms with E-state index in [2.05, 4.69) is 15.9 Å². The molecule has 25 heavy (non-hydrogen) atoms. The molecule has 0 saturated heterocycles. The van der Waals surface area contributed by atoms with E-state index < -0.39 is 0 Å². The monoisotopic (exact) mass is 438 g/mol. The van der Waals surface area contributed by atoms with Crippen molar-refractivity contribution in [3.63, 3.8) is 0 Å². The predicted octanol–water partition coefficient (Wildman–Crippen LogP) is 4.39. The van der Waals surface area contributed by atoms with Crippen LogP contribution >= 0.6 is 39.0 Å². The molecular weight excluding hydrogens is 420 g/mol. The first kappa shape index (κ1) is 18.5. The first-order chi connectivity index (χ1) is 12.0. The Hall–Kier alpha value is -1.31. The molecule has 2 heterocycles. The number of rotatable bonds is 5. The van der Waals surface area contributed by atoms with Gasteiger partial charge in [0.25, 0.3) is 0 Å². The van der Waals surface area contributed by atoms with Crippen LogP contribution in [-0.4, -0.2) is 36.1 Å². The maximum Gasteiger partial charge on any atom is 0.227 e. The van der Waals surface area contributed by atoms with Crippen LogP contribution in [0.1, 0.15) is 17.7 Å². The van der Waals surface area contributed by atoms with Crippen molar-refractivity contribution < 1.29 is 9.59 Å². The molecule has 4 nitrogen and oxygen atoms in total.